The van der Waals surface area contributed by atoms with Crippen LogP contribution in [0.2, 0.25) is 0 Å². The third-order valence-electron chi connectivity index (χ3n) is 12.8. The van der Waals surface area contributed by atoms with E-state index in [4.69, 9.17) is 0 Å². The van der Waals surface area contributed by atoms with E-state index in [0.29, 0.717) is 69.2 Å². The highest BCUT2D eigenvalue weighted by atomic mass is 19.4. The first kappa shape index (κ1) is 52.3. The van der Waals surface area contributed by atoms with Crippen LogP contribution in [0.4, 0.5) is 43.9 Å². The number of nitrogens with zero attached hydrogens (tertiary/aromatic N) is 3. The fourth-order valence-corrected chi connectivity index (χ4v) is 9.04. The van der Waals surface area contributed by atoms with Crippen molar-refractivity contribution in [2.45, 2.75) is 19.5 Å². The van der Waals surface area contributed by atoms with Crippen molar-refractivity contribution < 1.29 is 73.6 Å². The highest BCUT2D eigenvalue weighted by molar-refractivity contribution is 6.32. The Morgan fingerprint density at radius 2 is 0.759 bits per heavy atom. The molecule has 396 valence electrons. The maximum atomic E-state index is 13.5. The van der Waals surface area contributed by atoms with Crippen LogP contribution in [0.3, 0.4) is 0 Å². The van der Waals surface area contributed by atoms with Crippen LogP contribution in [0, 0.1) is 40.7 Å². The monoisotopic (exact) mass is 1090 g/mol. The van der Waals surface area contributed by atoms with Crippen LogP contribution in [0.1, 0.15) is 82.5 Å². The van der Waals surface area contributed by atoms with Gasteiger partial charge in [0, 0.05) is 22.3 Å². The molecule has 12 nitrogen and oxygen atoms in total. The molecule has 3 aliphatic rings. The Bertz CT molecular complexity index is 4040. The average Bonchev–Trinajstić information content (AvgIpc) is 4.35. The lowest BCUT2D eigenvalue weighted by molar-refractivity contribution is -0.137. The molecule has 79 heavy (non-hydrogen) atoms. The third-order valence-corrected chi connectivity index (χ3v) is 12.8. The minimum absolute atomic E-state index is 0.113. The van der Waals surface area contributed by atoms with Gasteiger partial charge >= 0.3 is 6.18 Å². The van der Waals surface area contributed by atoms with Crippen LogP contribution >= 0.6 is 0 Å². The second-order valence-corrected chi connectivity index (χ2v) is 17.6. The molecule has 22 heteroatoms. The fraction of sp³-hybridized carbons (Fsp3) is 0.0526. The van der Waals surface area contributed by atoms with Gasteiger partial charge in [0.2, 0.25) is 0 Å². The maximum absolute atomic E-state index is 13.5. The number of aliphatic imine (C=N–C) groups is 3. The van der Waals surface area contributed by atoms with Gasteiger partial charge in [-0.05, 0) is 83.8 Å². The van der Waals surface area contributed by atoms with Crippen LogP contribution in [-0.4, -0.2) is 65.1 Å². The van der Waals surface area contributed by atoms with Gasteiger partial charge < -0.3 is 30.3 Å². The summed E-state index contributed by atoms with van der Waals surface area (Å²) in [5, 5.41) is 30.8. The SMILES string of the molecule is CCc1ccc(C2=NC(=O)c3c(-c4ccc(F)cc4)[nH]c(O)c32)cc1.O=C1N=C(c2cc(F)c(F)c(F)c2)c2c(O)[nH]c(-c3cc(F)c(F)c(F)c3)c21.O=C1N=C(c2ccc(C(F)(F)F)cc2)c2c(O)[nH]c(-c3ccccc3)c21. The summed E-state index contributed by atoms with van der Waals surface area (Å²) in [6.45, 7) is 2.07. The van der Waals surface area contributed by atoms with Crippen LogP contribution in [0.25, 0.3) is 33.8 Å². The summed E-state index contributed by atoms with van der Waals surface area (Å²) in [5.74, 6) is -13.0. The van der Waals surface area contributed by atoms with Crippen molar-refractivity contribution in [2.24, 2.45) is 15.0 Å². The van der Waals surface area contributed by atoms with Crippen molar-refractivity contribution in [3.05, 3.63) is 229 Å². The Hall–Kier alpha value is -10.1. The van der Waals surface area contributed by atoms with Gasteiger partial charge in [0.1, 0.15) is 5.82 Å². The van der Waals surface area contributed by atoms with Crippen LogP contribution < -0.4 is 0 Å². The van der Waals surface area contributed by atoms with E-state index in [2.05, 4.69) is 36.9 Å². The first-order valence-corrected chi connectivity index (χ1v) is 23.3. The predicted octanol–water partition coefficient (Wildman–Crippen LogP) is 12.7. The van der Waals surface area contributed by atoms with Gasteiger partial charge in [-0.2, -0.15) is 13.2 Å². The van der Waals surface area contributed by atoms with E-state index in [1.54, 1.807) is 36.4 Å². The van der Waals surface area contributed by atoms with Gasteiger partial charge in [0.15, 0.2) is 52.5 Å². The topological polar surface area (TPSA) is 196 Å². The molecular weight excluding hydrogens is 1050 g/mol. The molecule has 0 fully saturated rings. The largest absolute Gasteiger partial charge is 0.494 e. The number of benzene rings is 6. The number of alkyl halides is 3. The molecule has 0 atom stereocenters. The molecule has 0 unspecified atom stereocenters. The summed E-state index contributed by atoms with van der Waals surface area (Å²) in [6.07, 6.45) is -3.53. The lowest BCUT2D eigenvalue weighted by atomic mass is 9.99. The average molecular weight is 1090 g/mol. The molecule has 6 heterocycles. The fourth-order valence-electron chi connectivity index (χ4n) is 9.04. The van der Waals surface area contributed by atoms with Crippen molar-refractivity contribution in [2.75, 3.05) is 0 Å². The molecule has 6 aromatic carbocycles. The van der Waals surface area contributed by atoms with Crippen LogP contribution in [-0.2, 0) is 12.6 Å². The number of carbonyl (C=O) groups excluding carboxylic acids is 3. The molecule has 0 spiro atoms. The van der Waals surface area contributed by atoms with Crippen molar-refractivity contribution in [3.63, 3.8) is 0 Å². The Labute approximate surface area is 437 Å². The number of H-pyrrole nitrogens is 3. The number of carbonyl (C=O) groups is 3. The lowest BCUT2D eigenvalue weighted by Crippen LogP contribution is -2.06. The van der Waals surface area contributed by atoms with E-state index in [-0.39, 0.29) is 68.1 Å². The molecule has 3 aliphatic heterocycles. The molecule has 0 bridgehead atoms. The zero-order valence-corrected chi connectivity index (χ0v) is 40.0. The smallest absolute Gasteiger partial charge is 0.416 e. The second-order valence-electron chi connectivity index (χ2n) is 17.6. The van der Waals surface area contributed by atoms with Gasteiger partial charge in [-0.25, -0.2) is 45.7 Å². The Balaban J connectivity index is 0.000000134. The number of nitrogens with one attached hydrogen (secondary N) is 3. The number of aromatic nitrogens is 3. The summed E-state index contributed by atoms with van der Waals surface area (Å²) in [5.41, 5.74) is 3.42. The summed E-state index contributed by atoms with van der Waals surface area (Å²) < 4.78 is 132. The van der Waals surface area contributed by atoms with Crippen LogP contribution in [0.5, 0.6) is 17.6 Å². The third kappa shape index (κ3) is 9.52. The summed E-state index contributed by atoms with van der Waals surface area (Å²) in [4.78, 5) is 56.7. The zero-order valence-electron chi connectivity index (χ0n) is 40.0. The Kier molecular flexibility index (Phi) is 13.3. The second kappa shape index (κ2) is 20.1. The number of fused-ring (bicyclic) bond motifs is 3. The minimum atomic E-state index is -4.45. The maximum Gasteiger partial charge on any atom is 0.416 e. The number of aryl methyl sites for hydroxylation is 1. The van der Waals surface area contributed by atoms with Crippen LogP contribution in [0.15, 0.2) is 142 Å². The minimum Gasteiger partial charge on any atom is -0.494 e. The molecule has 12 rings (SSSR count). The molecule has 9 aromatic rings. The molecule has 0 radical (unpaired) electrons. The summed E-state index contributed by atoms with van der Waals surface area (Å²) in [6, 6.07) is 29.0. The first-order chi connectivity index (χ1) is 37.6. The summed E-state index contributed by atoms with van der Waals surface area (Å²) in [7, 11) is 0. The highest BCUT2D eigenvalue weighted by Gasteiger charge is 2.37. The number of aromatic hydroxyl groups is 3. The number of halogens is 10. The molecule has 6 N–H and O–H groups in total. The first-order valence-electron chi connectivity index (χ1n) is 23.3. The number of hydrogen-bond donors (Lipinski definition) is 6. The molecule has 3 amide bonds. The Morgan fingerprint density at radius 1 is 0.418 bits per heavy atom. The van der Waals surface area contributed by atoms with Crippen molar-refractivity contribution in [1.29, 1.82) is 0 Å². The highest BCUT2D eigenvalue weighted by Crippen LogP contribution is 2.42. The van der Waals surface area contributed by atoms with Gasteiger partial charge in [-0.1, -0.05) is 73.7 Å². The van der Waals surface area contributed by atoms with E-state index < -0.39 is 70.2 Å². The standard InChI is InChI=1S/C20H15FN2O2.C19H11F3N2O2.C18H6F6N2O2/c1-2-11-3-5-12(6-4-11)17-15-16(20(25)22-17)18(23-19(15)24)13-7-9-14(21)10-8-13;20-19(21,22)12-8-6-11(7-9-12)16-14-13(17(25)24-16)15(23-18(14)26)10-4-2-1-3-5-10;19-7-1-5(2-8(20)13(7)23)15-11-12(18(28)25-15)16(26-17(11)27)6-3-9(21)14(24)10(22)4-6/h3-10,23-24H,2H2,1H3;1-9,23,26H;1-4,25,28H. The van der Waals surface area contributed by atoms with E-state index >= 15 is 0 Å². The molecule has 3 aromatic heterocycles. The molecule has 0 saturated heterocycles. The molecule has 0 saturated carbocycles. The van der Waals surface area contributed by atoms with E-state index in [9.17, 15) is 73.6 Å². The summed E-state index contributed by atoms with van der Waals surface area (Å²) >= 11 is 0. The van der Waals surface area contributed by atoms with Crippen molar-refractivity contribution in [1.82, 2.24) is 15.0 Å². The van der Waals surface area contributed by atoms with E-state index in [0.717, 1.165) is 24.1 Å². The molecule has 0 aliphatic carbocycles. The lowest BCUT2D eigenvalue weighted by Gasteiger charge is -2.07. The Morgan fingerprint density at radius 3 is 1.15 bits per heavy atom. The van der Waals surface area contributed by atoms with E-state index in [1.165, 1.54) is 29.8 Å². The quantitative estimate of drug-likeness (QED) is 0.0678. The number of rotatable bonds is 7. The van der Waals surface area contributed by atoms with Gasteiger partial charge in [0.25, 0.3) is 17.7 Å². The predicted molar refractivity (Wildman–Crippen MR) is 267 cm³/mol. The van der Waals surface area contributed by atoms with E-state index in [1.807, 2.05) is 30.3 Å². The van der Waals surface area contributed by atoms with Gasteiger partial charge in [-0.15, -0.1) is 0 Å². The number of hydrogen-bond acceptors (Lipinski definition) is 6. The van der Waals surface area contributed by atoms with Gasteiger partial charge in [0.05, 0.1) is 73.2 Å². The number of aromatic amines is 3. The van der Waals surface area contributed by atoms with Crippen molar-refractivity contribution >= 4 is 34.9 Å². The van der Waals surface area contributed by atoms with Crippen molar-refractivity contribution in [3.8, 4) is 51.4 Å². The zero-order chi connectivity index (χ0) is 56.4. The normalized spacial score (nSPS) is 13.3. The molecular formula is C57H32F10N6O6. The number of amides is 3. The van der Waals surface area contributed by atoms with Gasteiger partial charge in [-0.3, -0.25) is 14.4 Å².